The van der Waals surface area contributed by atoms with Crippen molar-refractivity contribution < 1.29 is 9.13 Å². The summed E-state index contributed by atoms with van der Waals surface area (Å²) in [7, 11) is 0. The molecular weight excluding hydrogens is 283 g/mol. The van der Waals surface area contributed by atoms with Crippen LogP contribution < -0.4 is 4.74 Å². The lowest BCUT2D eigenvalue weighted by atomic mass is 10.0. The minimum absolute atomic E-state index is 0.254. The minimum atomic E-state index is -0.254. The third-order valence-electron chi connectivity index (χ3n) is 2.92. The summed E-state index contributed by atoms with van der Waals surface area (Å²) in [5.74, 6) is 1.07. The second-order valence-corrected chi connectivity index (χ2v) is 5.16. The largest absolute Gasteiger partial charge is 0.493 e. The van der Waals surface area contributed by atoms with Gasteiger partial charge in [-0.1, -0.05) is 33.1 Å². The lowest BCUT2D eigenvalue weighted by molar-refractivity contribution is 0.233. The molecule has 1 rings (SSSR count). The van der Waals surface area contributed by atoms with Crippen LogP contribution in [0.4, 0.5) is 4.39 Å². The highest BCUT2D eigenvalue weighted by Crippen LogP contribution is 2.23. The number of hydrogen-bond donors (Lipinski definition) is 0. The average molecular weight is 303 g/mol. The van der Waals surface area contributed by atoms with Gasteiger partial charge in [-0.2, -0.15) is 0 Å². The van der Waals surface area contributed by atoms with Crippen molar-refractivity contribution in [2.45, 2.75) is 39.5 Å². The molecule has 0 amide bonds. The molecule has 0 aliphatic carbocycles. The molecule has 0 heterocycles. The molecule has 0 fully saturated rings. The van der Waals surface area contributed by atoms with Crippen LogP contribution in [0.3, 0.4) is 0 Å². The van der Waals surface area contributed by atoms with E-state index in [-0.39, 0.29) is 5.82 Å². The summed E-state index contributed by atoms with van der Waals surface area (Å²) in [5, 5.41) is 0. The molecule has 1 aromatic carbocycles. The molecule has 0 spiro atoms. The number of hydrogen-bond acceptors (Lipinski definition) is 1. The summed E-state index contributed by atoms with van der Waals surface area (Å²) in [5.41, 5.74) is 0. The van der Waals surface area contributed by atoms with Crippen LogP contribution in [0.25, 0.3) is 0 Å². The summed E-state index contributed by atoms with van der Waals surface area (Å²) < 4.78 is 19.2. The van der Waals surface area contributed by atoms with Crippen molar-refractivity contribution in [3.8, 4) is 5.75 Å². The molecule has 1 aromatic rings. The first-order valence-corrected chi connectivity index (χ1v) is 7.04. The van der Waals surface area contributed by atoms with Crippen LogP contribution in [0, 0.1) is 11.7 Å². The number of halogens is 2. The maximum absolute atomic E-state index is 13.0. The first kappa shape index (κ1) is 14.5. The van der Waals surface area contributed by atoms with E-state index in [1.807, 2.05) is 0 Å². The zero-order valence-corrected chi connectivity index (χ0v) is 12.1. The second kappa shape index (κ2) is 7.70. The summed E-state index contributed by atoms with van der Waals surface area (Å²) in [6, 6.07) is 4.78. The monoisotopic (exact) mass is 302 g/mol. The first-order valence-electron chi connectivity index (χ1n) is 6.25. The van der Waals surface area contributed by atoms with Crippen molar-refractivity contribution in [1.29, 1.82) is 0 Å². The van der Waals surface area contributed by atoms with E-state index in [1.165, 1.54) is 25.3 Å². The molecule has 17 heavy (non-hydrogen) atoms. The SMILES string of the molecule is CCCCC(CC)COc1ccc(F)c(Br)c1. The summed E-state index contributed by atoms with van der Waals surface area (Å²) in [4.78, 5) is 0. The molecule has 96 valence electrons. The van der Waals surface area contributed by atoms with E-state index >= 15 is 0 Å². The van der Waals surface area contributed by atoms with Crippen molar-refractivity contribution in [1.82, 2.24) is 0 Å². The van der Waals surface area contributed by atoms with Gasteiger partial charge in [0.1, 0.15) is 11.6 Å². The van der Waals surface area contributed by atoms with E-state index in [2.05, 4.69) is 29.8 Å². The van der Waals surface area contributed by atoms with Crippen LogP contribution in [0.2, 0.25) is 0 Å². The van der Waals surface area contributed by atoms with Crippen molar-refractivity contribution in [2.24, 2.45) is 5.92 Å². The second-order valence-electron chi connectivity index (χ2n) is 4.30. The van der Waals surface area contributed by atoms with Crippen LogP contribution in [-0.2, 0) is 0 Å². The highest BCUT2D eigenvalue weighted by molar-refractivity contribution is 9.10. The predicted molar refractivity (Wildman–Crippen MR) is 72.9 cm³/mol. The molecule has 1 atom stereocenters. The fourth-order valence-electron chi connectivity index (χ4n) is 1.68. The maximum Gasteiger partial charge on any atom is 0.137 e. The first-order chi connectivity index (χ1) is 8.17. The molecule has 0 saturated carbocycles. The molecule has 1 nitrogen and oxygen atoms in total. The van der Waals surface area contributed by atoms with Gasteiger partial charge < -0.3 is 4.74 Å². The van der Waals surface area contributed by atoms with E-state index in [4.69, 9.17) is 4.74 Å². The number of ether oxygens (including phenoxy) is 1. The molecule has 0 bridgehead atoms. The lowest BCUT2D eigenvalue weighted by Gasteiger charge is -2.15. The maximum atomic E-state index is 13.0. The van der Waals surface area contributed by atoms with Gasteiger partial charge in [-0.05, 0) is 46.5 Å². The Morgan fingerprint density at radius 3 is 2.71 bits per heavy atom. The molecular formula is C14H20BrFO. The van der Waals surface area contributed by atoms with Gasteiger partial charge in [0.15, 0.2) is 0 Å². The minimum Gasteiger partial charge on any atom is -0.493 e. The van der Waals surface area contributed by atoms with Crippen LogP contribution in [0.5, 0.6) is 5.75 Å². The Labute approximate surface area is 111 Å². The zero-order valence-electron chi connectivity index (χ0n) is 10.5. The smallest absolute Gasteiger partial charge is 0.137 e. The van der Waals surface area contributed by atoms with Gasteiger partial charge in [-0.3, -0.25) is 0 Å². The molecule has 0 aliphatic heterocycles. The van der Waals surface area contributed by atoms with Crippen LogP contribution in [0.1, 0.15) is 39.5 Å². The topological polar surface area (TPSA) is 9.23 Å². The Balaban J connectivity index is 2.45. The number of benzene rings is 1. The van der Waals surface area contributed by atoms with Crippen molar-refractivity contribution in [3.05, 3.63) is 28.5 Å². The molecule has 0 saturated heterocycles. The van der Waals surface area contributed by atoms with E-state index < -0.39 is 0 Å². The van der Waals surface area contributed by atoms with Crippen molar-refractivity contribution in [2.75, 3.05) is 6.61 Å². The summed E-state index contributed by atoms with van der Waals surface area (Å²) in [6.07, 6.45) is 4.80. The fraction of sp³-hybridized carbons (Fsp3) is 0.571. The van der Waals surface area contributed by atoms with Gasteiger partial charge in [0.25, 0.3) is 0 Å². The summed E-state index contributed by atoms with van der Waals surface area (Å²) in [6.45, 7) is 5.10. The molecule has 0 N–H and O–H groups in total. The Morgan fingerprint density at radius 1 is 1.35 bits per heavy atom. The van der Waals surface area contributed by atoms with Crippen LogP contribution in [-0.4, -0.2) is 6.61 Å². The highest BCUT2D eigenvalue weighted by Gasteiger charge is 2.07. The molecule has 1 unspecified atom stereocenters. The van der Waals surface area contributed by atoms with Gasteiger partial charge in [0, 0.05) is 0 Å². The molecule has 3 heteroatoms. The molecule has 0 aromatic heterocycles. The predicted octanol–water partition coefficient (Wildman–Crippen LogP) is 5.18. The lowest BCUT2D eigenvalue weighted by Crippen LogP contribution is -2.11. The van der Waals surface area contributed by atoms with Gasteiger partial charge in [-0.25, -0.2) is 4.39 Å². The zero-order chi connectivity index (χ0) is 12.7. The van der Waals surface area contributed by atoms with Crippen molar-refractivity contribution in [3.63, 3.8) is 0 Å². The third-order valence-corrected chi connectivity index (χ3v) is 3.53. The summed E-state index contributed by atoms with van der Waals surface area (Å²) >= 11 is 3.16. The standard InChI is InChI=1S/C14H20BrFO/c1-3-5-6-11(4-2)10-17-12-7-8-14(16)13(15)9-12/h7-9,11H,3-6,10H2,1-2H3. The normalized spacial score (nSPS) is 12.5. The fourth-order valence-corrected chi connectivity index (χ4v) is 2.04. The van der Waals surface area contributed by atoms with E-state index in [0.717, 1.165) is 12.2 Å². The molecule has 0 aliphatic rings. The molecule has 0 radical (unpaired) electrons. The van der Waals surface area contributed by atoms with Gasteiger partial charge in [0.2, 0.25) is 0 Å². The van der Waals surface area contributed by atoms with E-state index in [1.54, 1.807) is 12.1 Å². The highest BCUT2D eigenvalue weighted by atomic mass is 79.9. The van der Waals surface area contributed by atoms with Gasteiger partial charge in [-0.15, -0.1) is 0 Å². The Morgan fingerprint density at radius 2 is 2.12 bits per heavy atom. The Bertz CT molecular complexity index is 341. The number of unbranched alkanes of at least 4 members (excludes halogenated alkanes) is 1. The van der Waals surface area contributed by atoms with Gasteiger partial charge in [0.05, 0.1) is 11.1 Å². The van der Waals surface area contributed by atoms with E-state index in [0.29, 0.717) is 17.0 Å². The van der Waals surface area contributed by atoms with Crippen LogP contribution in [0.15, 0.2) is 22.7 Å². The van der Waals surface area contributed by atoms with E-state index in [9.17, 15) is 4.39 Å². The third kappa shape index (κ3) is 5.07. The van der Waals surface area contributed by atoms with Crippen molar-refractivity contribution >= 4 is 15.9 Å². The number of rotatable bonds is 7. The quantitative estimate of drug-likeness (QED) is 0.674. The Kier molecular flexibility index (Phi) is 6.56. The Hall–Kier alpha value is -0.570. The van der Waals surface area contributed by atoms with Crippen LogP contribution >= 0.6 is 15.9 Å². The average Bonchev–Trinajstić information content (AvgIpc) is 2.34. The van der Waals surface area contributed by atoms with Gasteiger partial charge >= 0.3 is 0 Å².